The number of nitrogens with zero attached hydrogens (tertiary/aromatic N) is 3. The van der Waals surface area contributed by atoms with E-state index in [1.807, 2.05) is 7.05 Å². The van der Waals surface area contributed by atoms with Gasteiger partial charge in [-0.25, -0.2) is 0 Å². The number of halogens is 1. The van der Waals surface area contributed by atoms with Crippen molar-refractivity contribution < 1.29 is 0 Å². The minimum Gasteiger partial charge on any atom is -0.364 e. The molecule has 3 rings (SSSR count). The maximum absolute atomic E-state index is 4.41. The van der Waals surface area contributed by atoms with Gasteiger partial charge in [-0.3, -0.25) is 9.89 Å². The fraction of sp³-hybridized carbons (Fsp3) is 0.571. The molecular weight excluding hydrogens is 449 g/mol. The van der Waals surface area contributed by atoms with E-state index < -0.39 is 0 Å². The van der Waals surface area contributed by atoms with Gasteiger partial charge in [-0.1, -0.05) is 31.2 Å². The smallest absolute Gasteiger partial charge is 0.191 e. The van der Waals surface area contributed by atoms with Gasteiger partial charge in [-0.2, -0.15) is 0 Å². The predicted octanol–water partition coefficient (Wildman–Crippen LogP) is 3.07. The van der Waals surface area contributed by atoms with Gasteiger partial charge < -0.3 is 15.5 Å². The molecule has 0 amide bonds. The van der Waals surface area contributed by atoms with Crippen molar-refractivity contribution in [1.29, 1.82) is 0 Å². The molecule has 150 valence electrons. The molecule has 0 aliphatic carbocycles. The van der Waals surface area contributed by atoms with Gasteiger partial charge >= 0.3 is 0 Å². The number of anilines is 1. The normalized spacial score (nSPS) is 23.0. The van der Waals surface area contributed by atoms with Crippen LogP contribution in [-0.2, 0) is 6.54 Å². The van der Waals surface area contributed by atoms with Crippen LogP contribution in [0.15, 0.2) is 41.4 Å². The summed E-state index contributed by atoms with van der Waals surface area (Å²) in [6.07, 6.45) is 4.44. The highest BCUT2D eigenvalue weighted by atomic mass is 127. The van der Waals surface area contributed by atoms with E-state index in [1.165, 1.54) is 11.3 Å². The first kappa shape index (κ1) is 22.0. The van der Waals surface area contributed by atoms with Crippen molar-refractivity contribution >= 4 is 35.6 Å². The summed E-state index contributed by atoms with van der Waals surface area (Å²) in [7, 11) is 1.85. The number of nitrogens with one attached hydrogen (secondary N) is 2. The second kappa shape index (κ2) is 10.3. The largest absolute Gasteiger partial charge is 0.364 e. The third-order valence-electron chi connectivity index (χ3n) is 5.50. The summed E-state index contributed by atoms with van der Waals surface area (Å²) in [6.45, 7) is 11.9. The Balaban J connectivity index is 0.00000261. The first-order valence-corrected chi connectivity index (χ1v) is 9.77. The topological polar surface area (TPSA) is 42.9 Å². The third kappa shape index (κ3) is 5.85. The Kier molecular flexibility index (Phi) is 8.41. The molecule has 5 nitrogen and oxygen atoms in total. The molecule has 1 fully saturated rings. The van der Waals surface area contributed by atoms with Gasteiger partial charge in [0.25, 0.3) is 0 Å². The van der Waals surface area contributed by atoms with E-state index in [0.29, 0.717) is 18.0 Å². The molecule has 27 heavy (non-hydrogen) atoms. The second-order valence-corrected chi connectivity index (χ2v) is 7.74. The molecule has 6 heteroatoms. The molecule has 0 spiro atoms. The molecule has 0 radical (unpaired) electrons. The van der Waals surface area contributed by atoms with E-state index >= 15 is 0 Å². The molecule has 0 aromatic heterocycles. The quantitative estimate of drug-likeness (QED) is 0.293. The molecule has 2 heterocycles. The summed E-state index contributed by atoms with van der Waals surface area (Å²) in [4.78, 5) is 9.30. The molecule has 1 aromatic rings. The summed E-state index contributed by atoms with van der Waals surface area (Å²) in [5, 5.41) is 7.07. The molecular formula is C21H34IN5. The minimum absolute atomic E-state index is 0. The maximum atomic E-state index is 4.41. The van der Waals surface area contributed by atoms with Crippen LogP contribution in [0.1, 0.15) is 26.3 Å². The van der Waals surface area contributed by atoms with Crippen LogP contribution in [0.5, 0.6) is 0 Å². The Morgan fingerprint density at radius 1 is 1.15 bits per heavy atom. The van der Waals surface area contributed by atoms with Crippen molar-refractivity contribution in [3.8, 4) is 0 Å². The summed E-state index contributed by atoms with van der Waals surface area (Å²) in [5.74, 6) is 1.52. The number of aliphatic imine (C=N–C) groups is 1. The molecule has 0 saturated carbocycles. The number of benzene rings is 1. The van der Waals surface area contributed by atoms with E-state index in [0.717, 1.165) is 38.7 Å². The SMILES string of the molecule is CN=C(NCc1ccc(N2CC=CC2)cc1)NC1CN(C(C)C)CC1C.I. The Labute approximate surface area is 181 Å². The lowest BCUT2D eigenvalue weighted by atomic mass is 10.1. The van der Waals surface area contributed by atoms with Crippen molar-refractivity contribution in [2.45, 2.75) is 39.4 Å². The van der Waals surface area contributed by atoms with E-state index in [-0.39, 0.29) is 24.0 Å². The second-order valence-electron chi connectivity index (χ2n) is 7.74. The minimum atomic E-state index is 0. The zero-order valence-electron chi connectivity index (χ0n) is 17.0. The summed E-state index contributed by atoms with van der Waals surface area (Å²) >= 11 is 0. The molecule has 2 aliphatic rings. The van der Waals surface area contributed by atoms with E-state index in [1.54, 1.807) is 0 Å². The number of hydrogen-bond donors (Lipinski definition) is 2. The Morgan fingerprint density at radius 2 is 1.81 bits per heavy atom. The van der Waals surface area contributed by atoms with Gasteiger partial charge in [0.15, 0.2) is 5.96 Å². The van der Waals surface area contributed by atoms with Gasteiger partial charge in [0.05, 0.1) is 0 Å². The number of guanidine groups is 1. The van der Waals surface area contributed by atoms with Crippen LogP contribution >= 0.6 is 24.0 Å². The fourth-order valence-electron chi connectivity index (χ4n) is 3.68. The zero-order valence-corrected chi connectivity index (χ0v) is 19.3. The number of rotatable bonds is 5. The van der Waals surface area contributed by atoms with Crippen molar-refractivity contribution in [2.75, 3.05) is 38.1 Å². The van der Waals surface area contributed by atoms with E-state index in [2.05, 4.69) is 82.6 Å². The standard InChI is InChI=1S/C21H33N5.HI/c1-16(2)26-14-17(3)20(15-26)24-21(22-4)23-13-18-7-9-19(10-8-18)25-11-5-6-12-25;/h5-10,16-17,20H,11-15H2,1-4H3,(H2,22,23,24);1H. The molecule has 1 aromatic carbocycles. The summed E-state index contributed by atoms with van der Waals surface area (Å²) < 4.78 is 0. The highest BCUT2D eigenvalue weighted by Crippen LogP contribution is 2.19. The predicted molar refractivity (Wildman–Crippen MR) is 126 cm³/mol. The Bertz CT molecular complexity index is 632. The highest BCUT2D eigenvalue weighted by Gasteiger charge is 2.31. The lowest BCUT2D eigenvalue weighted by Crippen LogP contribution is -2.46. The van der Waals surface area contributed by atoms with Crippen LogP contribution < -0.4 is 15.5 Å². The van der Waals surface area contributed by atoms with Gasteiger partial charge in [0, 0.05) is 57.5 Å². The van der Waals surface area contributed by atoms with Crippen LogP contribution in [0.25, 0.3) is 0 Å². The Morgan fingerprint density at radius 3 is 2.37 bits per heavy atom. The van der Waals surface area contributed by atoms with Crippen molar-refractivity contribution in [3.63, 3.8) is 0 Å². The number of hydrogen-bond acceptors (Lipinski definition) is 3. The highest BCUT2D eigenvalue weighted by molar-refractivity contribution is 14.0. The molecule has 1 saturated heterocycles. The van der Waals surface area contributed by atoms with Gasteiger partial charge in [-0.15, -0.1) is 24.0 Å². The average Bonchev–Trinajstić information content (AvgIpc) is 3.29. The third-order valence-corrected chi connectivity index (χ3v) is 5.50. The van der Waals surface area contributed by atoms with Gasteiger partial charge in [-0.05, 0) is 37.5 Å². The summed E-state index contributed by atoms with van der Waals surface area (Å²) in [5.41, 5.74) is 2.56. The van der Waals surface area contributed by atoms with Crippen molar-refractivity contribution in [1.82, 2.24) is 15.5 Å². The molecule has 0 bridgehead atoms. The average molecular weight is 483 g/mol. The van der Waals surface area contributed by atoms with Gasteiger partial charge in [0.2, 0.25) is 0 Å². The van der Waals surface area contributed by atoms with Crippen LogP contribution in [-0.4, -0.2) is 56.2 Å². The lowest BCUT2D eigenvalue weighted by molar-refractivity contribution is 0.265. The zero-order chi connectivity index (χ0) is 18.5. The number of likely N-dealkylation sites (tertiary alicyclic amines) is 1. The molecule has 2 aliphatic heterocycles. The molecule has 2 atom stereocenters. The lowest BCUT2D eigenvalue weighted by Gasteiger charge is -2.22. The monoisotopic (exact) mass is 483 g/mol. The first-order valence-electron chi connectivity index (χ1n) is 9.77. The van der Waals surface area contributed by atoms with Crippen LogP contribution in [0, 0.1) is 5.92 Å². The molecule has 2 N–H and O–H groups in total. The van der Waals surface area contributed by atoms with Crippen LogP contribution in [0.3, 0.4) is 0 Å². The van der Waals surface area contributed by atoms with Crippen molar-refractivity contribution in [3.05, 3.63) is 42.0 Å². The first-order chi connectivity index (χ1) is 12.6. The van der Waals surface area contributed by atoms with Gasteiger partial charge in [0.1, 0.15) is 0 Å². The van der Waals surface area contributed by atoms with Crippen molar-refractivity contribution in [2.24, 2.45) is 10.9 Å². The Hall–Kier alpha value is -1.28. The summed E-state index contributed by atoms with van der Waals surface area (Å²) in [6, 6.07) is 9.87. The van der Waals surface area contributed by atoms with Crippen LogP contribution in [0.4, 0.5) is 5.69 Å². The maximum Gasteiger partial charge on any atom is 0.191 e. The molecule has 2 unspecified atom stereocenters. The van der Waals surface area contributed by atoms with E-state index in [4.69, 9.17) is 0 Å². The van der Waals surface area contributed by atoms with E-state index in [9.17, 15) is 0 Å². The van der Waals surface area contributed by atoms with Crippen LogP contribution in [0.2, 0.25) is 0 Å². The fourth-order valence-corrected chi connectivity index (χ4v) is 3.68.